The Balaban J connectivity index is 2.59. The quantitative estimate of drug-likeness (QED) is 0.801. The molecule has 1 amide bonds. The maximum atomic E-state index is 13.5. The summed E-state index contributed by atoms with van der Waals surface area (Å²) in [5.41, 5.74) is 5.84. The van der Waals surface area contributed by atoms with Gasteiger partial charge in [0.25, 0.3) is 0 Å². The van der Waals surface area contributed by atoms with Gasteiger partial charge >= 0.3 is 0 Å². The fraction of sp³-hybridized carbons (Fsp3) is 0.417. The van der Waals surface area contributed by atoms with Crippen molar-refractivity contribution in [3.8, 4) is 5.75 Å². The predicted octanol–water partition coefficient (Wildman–Crippen LogP) is 0.840. The first kappa shape index (κ1) is 13.4. The van der Waals surface area contributed by atoms with Crippen LogP contribution in [0.1, 0.15) is 12.5 Å². The van der Waals surface area contributed by atoms with Gasteiger partial charge in [-0.05, 0) is 18.6 Å². The number of benzene rings is 1. The van der Waals surface area contributed by atoms with Gasteiger partial charge in [-0.25, -0.2) is 4.39 Å². The van der Waals surface area contributed by atoms with E-state index in [4.69, 9.17) is 10.5 Å². The van der Waals surface area contributed by atoms with Crippen LogP contribution >= 0.6 is 0 Å². The van der Waals surface area contributed by atoms with Crippen molar-refractivity contribution < 1.29 is 13.9 Å². The number of methoxy groups -OCH3 is 1. The van der Waals surface area contributed by atoms with Crippen molar-refractivity contribution >= 4 is 5.91 Å². The van der Waals surface area contributed by atoms with Gasteiger partial charge in [-0.15, -0.1) is 0 Å². The van der Waals surface area contributed by atoms with Gasteiger partial charge in [-0.2, -0.15) is 0 Å². The largest absolute Gasteiger partial charge is 0.497 e. The van der Waals surface area contributed by atoms with Gasteiger partial charge in [0.1, 0.15) is 11.6 Å². The van der Waals surface area contributed by atoms with Crippen molar-refractivity contribution in [2.45, 2.75) is 19.4 Å². The molecule has 0 radical (unpaired) electrons. The molecule has 0 saturated heterocycles. The lowest BCUT2D eigenvalue weighted by molar-refractivity contribution is -0.120. The number of carbonyl (C=O) groups excluding carboxylic acids is 1. The summed E-state index contributed by atoms with van der Waals surface area (Å²) in [6, 6.07) is 4.31. The zero-order valence-electron chi connectivity index (χ0n) is 10.00. The predicted molar refractivity (Wildman–Crippen MR) is 63.3 cm³/mol. The molecule has 4 nitrogen and oxygen atoms in total. The summed E-state index contributed by atoms with van der Waals surface area (Å²) in [5, 5.41) is 2.62. The zero-order chi connectivity index (χ0) is 12.8. The number of amides is 1. The summed E-state index contributed by atoms with van der Waals surface area (Å²) in [6.45, 7) is 2.17. The standard InChI is InChI=1S/C12H17FN2O2/c1-8(14)7-15-12(16)5-9-3-4-10(17-2)6-11(9)13/h3-4,6,8H,5,7,14H2,1-2H3,(H,15,16). The first-order chi connectivity index (χ1) is 8.02. The molecule has 0 saturated carbocycles. The Morgan fingerprint density at radius 3 is 2.82 bits per heavy atom. The second-order valence-electron chi connectivity index (χ2n) is 3.92. The Morgan fingerprint density at radius 1 is 1.59 bits per heavy atom. The molecule has 1 aromatic carbocycles. The molecule has 0 heterocycles. The second kappa shape index (κ2) is 6.20. The van der Waals surface area contributed by atoms with E-state index >= 15 is 0 Å². The molecule has 0 spiro atoms. The van der Waals surface area contributed by atoms with E-state index in [1.807, 2.05) is 0 Å². The van der Waals surface area contributed by atoms with E-state index in [-0.39, 0.29) is 18.4 Å². The molecule has 3 N–H and O–H groups in total. The maximum Gasteiger partial charge on any atom is 0.224 e. The van der Waals surface area contributed by atoms with Gasteiger partial charge in [0.05, 0.1) is 13.5 Å². The van der Waals surface area contributed by atoms with Gasteiger partial charge in [0.2, 0.25) is 5.91 Å². The number of hydrogen-bond donors (Lipinski definition) is 2. The summed E-state index contributed by atoms with van der Waals surface area (Å²) in [7, 11) is 1.46. The van der Waals surface area contributed by atoms with E-state index in [1.165, 1.54) is 13.2 Å². The smallest absolute Gasteiger partial charge is 0.224 e. The van der Waals surface area contributed by atoms with Gasteiger partial charge in [-0.3, -0.25) is 4.79 Å². The van der Waals surface area contributed by atoms with E-state index in [0.29, 0.717) is 17.9 Å². The molecular formula is C12H17FN2O2. The summed E-state index contributed by atoms with van der Waals surface area (Å²) in [4.78, 5) is 11.5. The topological polar surface area (TPSA) is 64.3 Å². The third-order valence-corrected chi connectivity index (χ3v) is 2.23. The average molecular weight is 240 g/mol. The molecule has 1 unspecified atom stereocenters. The lowest BCUT2D eigenvalue weighted by Crippen LogP contribution is -2.36. The molecule has 0 aromatic heterocycles. The van der Waals surface area contributed by atoms with Crippen LogP contribution in [0.25, 0.3) is 0 Å². The van der Waals surface area contributed by atoms with Gasteiger partial charge in [0.15, 0.2) is 0 Å². The number of rotatable bonds is 5. The third-order valence-electron chi connectivity index (χ3n) is 2.23. The van der Waals surface area contributed by atoms with Crippen molar-refractivity contribution in [1.29, 1.82) is 0 Å². The number of ether oxygens (including phenoxy) is 1. The van der Waals surface area contributed by atoms with E-state index in [1.54, 1.807) is 19.1 Å². The summed E-state index contributed by atoms with van der Waals surface area (Å²) in [5.74, 6) is -0.256. The monoisotopic (exact) mass is 240 g/mol. The molecule has 0 aliphatic rings. The fourth-order valence-electron chi connectivity index (χ4n) is 1.31. The highest BCUT2D eigenvalue weighted by atomic mass is 19.1. The van der Waals surface area contributed by atoms with Crippen LogP contribution < -0.4 is 15.8 Å². The van der Waals surface area contributed by atoms with E-state index < -0.39 is 5.82 Å². The van der Waals surface area contributed by atoms with Crippen LogP contribution in [0.2, 0.25) is 0 Å². The minimum absolute atomic E-state index is 0.00253. The second-order valence-corrected chi connectivity index (χ2v) is 3.92. The van der Waals surface area contributed by atoms with E-state index in [2.05, 4.69) is 5.32 Å². The number of nitrogens with two attached hydrogens (primary N) is 1. The summed E-state index contributed by atoms with van der Waals surface area (Å²) >= 11 is 0. The van der Waals surface area contributed by atoms with E-state index in [0.717, 1.165) is 0 Å². The number of hydrogen-bond acceptors (Lipinski definition) is 3. The van der Waals surface area contributed by atoms with Crippen LogP contribution in [0.3, 0.4) is 0 Å². The third kappa shape index (κ3) is 4.40. The number of halogens is 1. The zero-order valence-corrected chi connectivity index (χ0v) is 10.00. The Morgan fingerprint density at radius 2 is 2.29 bits per heavy atom. The van der Waals surface area contributed by atoms with Crippen LogP contribution in [0.5, 0.6) is 5.75 Å². The van der Waals surface area contributed by atoms with Crippen molar-refractivity contribution in [2.24, 2.45) is 5.73 Å². The Labute approximate surface area is 100.0 Å². The molecular weight excluding hydrogens is 223 g/mol. The maximum absolute atomic E-state index is 13.5. The summed E-state index contributed by atoms with van der Waals surface area (Å²) < 4.78 is 18.4. The fourth-order valence-corrected chi connectivity index (χ4v) is 1.31. The lowest BCUT2D eigenvalue weighted by atomic mass is 10.1. The molecule has 17 heavy (non-hydrogen) atoms. The number of nitrogens with one attached hydrogen (secondary N) is 1. The van der Waals surface area contributed by atoms with Crippen molar-refractivity contribution in [3.63, 3.8) is 0 Å². The molecule has 5 heteroatoms. The number of carbonyl (C=O) groups is 1. The highest BCUT2D eigenvalue weighted by Gasteiger charge is 2.09. The Bertz CT molecular complexity index is 394. The first-order valence-corrected chi connectivity index (χ1v) is 5.37. The molecule has 1 atom stereocenters. The Kier molecular flexibility index (Phi) is 4.90. The highest BCUT2D eigenvalue weighted by molar-refractivity contribution is 5.78. The molecule has 0 aliphatic heterocycles. The molecule has 94 valence electrons. The van der Waals surface area contributed by atoms with Crippen LogP contribution in [-0.2, 0) is 11.2 Å². The van der Waals surface area contributed by atoms with Gasteiger partial charge in [-0.1, -0.05) is 6.07 Å². The molecule has 1 aromatic rings. The molecule has 0 aliphatic carbocycles. The first-order valence-electron chi connectivity index (χ1n) is 5.37. The van der Waals surface area contributed by atoms with Crippen molar-refractivity contribution in [1.82, 2.24) is 5.32 Å². The Hall–Kier alpha value is -1.62. The van der Waals surface area contributed by atoms with Crippen LogP contribution in [0.15, 0.2) is 18.2 Å². The van der Waals surface area contributed by atoms with Crippen LogP contribution in [0.4, 0.5) is 4.39 Å². The van der Waals surface area contributed by atoms with Crippen LogP contribution in [-0.4, -0.2) is 25.6 Å². The SMILES string of the molecule is COc1ccc(CC(=O)NCC(C)N)c(F)c1. The minimum Gasteiger partial charge on any atom is -0.497 e. The van der Waals surface area contributed by atoms with Crippen molar-refractivity contribution in [3.05, 3.63) is 29.6 Å². The normalized spacial score (nSPS) is 12.0. The summed E-state index contributed by atoms with van der Waals surface area (Å²) in [6.07, 6.45) is 0.00253. The highest BCUT2D eigenvalue weighted by Crippen LogP contribution is 2.16. The van der Waals surface area contributed by atoms with Crippen LogP contribution in [0, 0.1) is 5.82 Å². The van der Waals surface area contributed by atoms with Gasteiger partial charge in [0, 0.05) is 18.7 Å². The minimum atomic E-state index is -0.444. The molecule has 0 bridgehead atoms. The van der Waals surface area contributed by atoms with Crippen molar-refractivity contribution in [2.75, 3.05) is 13.7 Å². The lowest BCUT2D eigenvalue weighted by Gasteiger charge is -2.08. The van der Waals surface area contributed by atoms with Gasteiger partial charge < -0.3 is 15.8 Å². The van der Waals surface area contributed by atoms with E-state index in [9.17, 15) is 9.18 Å². The molecule has 1 rings (SSSR count). The average Bonchev–Trinajstić information content (AvgIpc) is 2.29. The molecule has 0 fully saturated rings.